The van der Waals surface area contributed by atoms with Crippen LogP contribution in [0.5, 0.6) is 5.75 Å². The van der Waals surface area contributed by atoms with Gasteiger partial charge in [0, 0.05) is 12.6 Å². The summed E-state index contributed by atoms with van der Waals surface area (Å²) in [4.78, 5) is 0. The Kier molecular flexibility index (Phi) is 6.06. The Morgan fingerprint density at radius 2 is 1.79 bits per heavy atom. The van der Waals surface area contributed by atoms with Gasteiger partial charge in [0.1, 0.15) is 12.4 Å². The zero-order valence-electron chi connectivity index (χ0n) is 16.0. The second-order valence-electron chi connectivity index (χ2n) is 6.91. The number of ether oxygens (including phenoxy) is 1. The molecule has 0 saturated heterocycles. The summed E-state index contributed by atoms with van der Waals surface area (Å²) < 4.78 is 33.3. The summed E-state index contributed by atoms with van der Waals surface area (Å²) in [6.07, 6.45) is 0. The first-order valence-corrected chi connectivity index (χ1v) is 8.58. The Hall–Kier alpha value is -3.38. The number of nitriles is 2. The molecule has 0 aliphatic rings. The third-order valence-corrected chi connectivity index (χ3v) is 4.17. The topological polar surface area (TPSA) is 68.8 Å². The van der Waals surface area contributed by atoms with Crippen molar-refractivity contribution in [2.24, 2.45) is 0 Å². The second-order valence-corrected chi connectivity index (χ2v) is 6.91. The van der Waals surface area contributed by atoms with Crippen molar-refractivity contribution >= 4 is 5.70 Å². The van der Waals surface area contributed by atoms with Crippen molar-refractivity contribution in [2.75, 3.05) is 6.61 Å². The molecule has 0 bridgehead atoms. The van der Waals surface area contributed by atoms with Crippen LogP contribution in [0.2, 0.25) is 0 Å². The van der Waals surface area contributed by atoms with E-state index in [1.807, 2.05) is 37.3 Å². The van der Waals surface area contributed by atoms with Crippen molar-refractivity contribution in [3.05, 3.63) is 71.3 Å². The van der Waals surface area contributed by atoms with E-state index < -0.39 is 11.5 Å². The number of halogens is 2. The van der Waals surface area contributed by atoms with E-state index in [0.717, 1.165) is 24.1 Å². The molecule has 6 heteroatoms. The van der Waals surface area contributed by atoms with Gasteiger partial charge in [-0.2, -0.15) is 10.5 Å². The Balaban J connectivity index is 2.21. The fraction of sp³-hybridized carbons (Fsp3) is 0.273. The molecule has 0 heterocycles. The zero-order chi connectivity index (χ0) is 20.9. The Morgan fingerprint density at radius 1 is 1.14 bits per heavy atom. The number of hydrogen-bond acceptors (Lipinski definition) is 4. The van der Waals surface area contributed by atoms with Crippen LogP contribution in [0.25, 0.3) is 5.70 Å². The molecule has 0 amide bonds. The van der Waals surface area contributed by atoms with Gasteiger partial charge in [0.15, 0.2) is 5.54 Å². The highest BCUT2D eigenvalue weighted by atomic mass is 19.3. The minimum absolute atomic E-state index is 0.129. The van der Waals surface area contributed by atoms with Crippen molar-refractivity contribution in [1.82, 2.24) is 5.32 Å². The molecule has 1 N–H and O–H groups in total. The number of rotatable bonds is 7. The van der Waals surface area contributed by atoms with E-state index in [9.17, 15) is 14.0 Å². The summed E-state index contributed by atoms with van der Waals surface area (Å²) in [7, 11) is 0. The maximum Gasteiger partial charge on any atom is 0.274 e. The van der Waals surface area contributed by atoms with Crippen molar-refractivity contribution in [3.63, 3.8) is 0 Å². The molecule has 144 valence electrons. The monoisotopic (exact) mass is 381 g/mol. The van der Waals surface area contributed by atoms with Gasteiger partial charge in [-0.1, -0.05) is 36.4 Å². The molecule has 0 spiro atoms. The van der Waals surface area contributed by atoms with Crippen LogP contribution in [0.4, 0.5) is 8.78 Å². The number of aryl methyl sites for hydroxylation is 1. The Labute approximate surface area is 163 Å². The third-order valence-electron chi connectivity index (χ3n) is 4.17. The van der Waals surface area contributed by atoms with E-state index in [0.29, 0.717) is 5.70 Å². The quantitative estimate of drug-likeness (QED) is 0.741. The van der Waals surface area contributed by atoms with Crippen molar-refractivity contribution in [3.8, 4) is 17.9 Å². The predicted octanol–water partition coefficient (Wildman–Crippen LogP) is 4.90. The van der Waals surface area contributed by atoms with Gasteiger partial charge in [-0.05, 0) is 37.6 Å². The summed E-state index contributed by atoms with van der Waals surface area (Å²) in [5.74, 6) is -3.28. The number of alkyl halides is 2. The Morgan fingerprint density at radius 3 is 2.32 bits per heavy atom. The van der Waals surface area contributed by atoms with E-state index in [1.54, 1.807) is 6.92 Å². The summed E-state index contributed by atoms with van der Waals surface area (Å²) in [5.41, 5.74) is 1.04. The lowest BCUT2D eigenvalue weighted by Gasteiger charge is -2.27. The fourth-order valence-electron chi connectivity index (χ4n) is 2.55. The number of nitrogens with one attached hydrogen (secondary N) is 1. The first-order chi connectivity index (χ1) is 13.1. The molecule has 0 aliphatic carbocycles. The first-order valence-electron chi connectivity index (χ1n) is 8.58. The maximum absolute atomic E-state index is 13.9. The molecular formula is C22H21F2N3O. The van der Waals surface area contributed by atoms with Gasteiger partial charge in [0.05, 0.1) is 23.3 Å². The predicted molar refractivity (Wildman–Crippen MR) is 104 cm³/mol. The second kappa shape index (κ2) is 8.10. The lowest BCUT2D eigenvalue weighted by Crippen LogP contribution is -2.45. The summed E-state index contributed by atoms with van der Waals surface area (Å²) >= 11 is 0. The van der Waals surface area contributed by atoms with Crippen LogP contribution in [-0.2, 0) is 5.92 Å². The summed E-state index contributed by atoms with van der Waals surface area (Å²) in [6, 6.07) is 15.3. The molecule has 0 aromatic heterocycles. The highest BCUT2D eigenvalue weighted by Gasteiger charge is 2.31. The molecule has 4 nitrogen and oxygen atoms in total. The smallest absolute Gasteiger partial charge is 0.274 e. The van der Waals surface area contributed by atoms with E-state index in [-0.39, 0.29) is 23.5 Å². The van der Waals surface area contributed by atoms with Crippen molar-refractivity contribution < 1.29 is 13.5 Å². The normalized spacial score (nSPS) is 13.0. The van der Waals surface area contributed by atoms with Gasteiger partial charge in [-0.3, -0.25) is 0 Å². The van der Waals surface area contributed by atoms with Gasteiger partial charge in [-0.25, -0.2) is 8.78 Å². The Bertz CT molecular complexity index is 950. The van der Waals surface area contributed by atoms with Crippen LogP contribution in [0, 0.1) is 29.6 Å². The molecule has 2 aromatic carbocycles. The van der Waals surface area contributed by atoms with Crippen LogP contribution >= 0.6 is 0 Å². The minimum Gasteiger partial charge on any atom is -0.489 e. The molecule has 0 fully saturated rings. The summed E-state index contributed by atoms with van der Waals surface area (Å²) in [5, 5.41) is 21.6. The van der Waals surface area contributed by atoms with Gasteiger partial charge >= 0.3 is 0 Å². The fourth-order valence-corrected chi connectivity index (χ4v) is 2.55. The zero-order valence-corrected chi connectivity index (χ0v) is 16.0. The van der Waals surface area contributed by atoms with E-state index in [2.05, 4.69) is 18.0 Å². The van der Waals surface area contributed by atoms with Crippen molar-refractivity contribution in [2.45, 2.75) is 32.2 Å². The number of hydrogen-bond donors (Lipinski definition) is 1. The summed E-state index contributed by atoms with van der Waals surface area (Å²) in [6.45, 7) is 8.03. The minimum atomic E-state index is -3.15. The average Bonchev–Trinajstić information content (AvgIpc) is 2.65. The van der Waals surface area contributed by atoms with Crippen LogP contribution < -0.4 is 10.1 Å². The lowest BCUT2D eigenvalue weighted by atomic mass is 10.0. The van der Waals surface area contributed by atoms with Crippen LogP contribution in [0.1, 0.15) is 36.1 Å². The van der Waals surface area contributed by atoms with Crippen molar-refractivity contribution in [1.29, 1.82) is 10.5 Å². The molecule has 1 unspecified atom stereocenters. The molecule has 2 rings (SSSR count). The van der Waals surface area contributed by atoms with Crippen LogP contribution in [0.15, 0.2) is 49.0 Å². The van der Waals surface area contributed by atoms with E-state index in [1.165, 1.54) is 12.1 Å². The number of benzene rings is 2. The molecule has 2 aromatic rings. The standard InChI is InChI=1S/C22H21F2N3O/c1-15-5-8-18(9-6-15)16(2)27-21(3,13-26)14-28-20-11-17(12-25)7-10-19(20)22(4,23)24/h5-11,27H,2,14H2,1,3-4H3. The van der Waals surface area contributed by atoms with E-state index in [4.69, 9.17) is 10.00 Å². The van der Waals surface area contributed by atoms with Gasteiger partial charge in [0.25, 0.3) is 5.92 Å². The highest BCUT2D eigenvalue weighted by molar-refractivity contribution is 5.63. The van der Waals surface area contributed by atoms with Gasteiger partial charge in [0.2, 0.25) is 0 Å². The van der Waals surface area contributed by atoms with Crippen LogP contribution in [-0.4, -0.2) is 12.1 Å². The molecule has 28 heavy (non-hydrogen) atoms. The molecule has 0 aliphatic heterocycles. The van der Waals surface area contributed by atoms with E-state index >= 15 is 0 Å². The lowest BCUT2D eigenvalue weighted by molar-refractivity contribution is 0.0140. The maximum atomic E-state index is 13.9. The van der Waals surface area contributed by atoms with Crippen LogP contribution in [0.3, 0.4) is 0 Å². The SMILES string of the molecule is C=C(NC(C)(C#N)COc1cc(C#N)ccc1C(C)(F)F)c1ccc(C)cc1. The highest BCUT2D eigenvalue weighted by Crippen LogP contribution is 2.35. The first kappa shape index (κ1) is 20.9. The molecule has 1 atom stereocenters. The molecular weight excluding hydrogens is 360 g/mol. The third kappa shape index (κ3) is 5.08. The van der Waals surface area contributed by atoms with Gasteiger partial charge in [-0.15, -0.1) is 0 Å². The largest absolute Gasteiger partial charge is 0.489 e. The molecule has 0 radical (unpaired) electrons. The number of nitrogens with zero attached hydrogens (tertiary/aromatic N) is 2. The average molecular weight is 381 g/mol. The molecule has 0 saturated carbocycles. The van der Waals surface area contributed by atoms with Gasteiger partial charge < -0.3 is 10.1 Å².